The number of aromatic nitrogens is 2. The number of ether oxygens (including phenoxy) is 1. The Kier molecular flexibility index (Phi) is 5.57. The van der Waals surface area contributed by atoms with Crippen molar-refractivity contribution in [1.29, 1.82) is 0 Å². The minimum absolute atomic E-state index is 0.199. The molecule has 1 fully saturated rings. The van der Waals surface area contributed by atoms with Crippen molar-refractivity contribution < 1.29 is 22.0 Å². The van der Waals surface area contributed by atoms with Gasteiger partial charge in [0.15, 0.2) is 0 Å². The number of hydrogen-bond acceptors (Lipinski definition) is 6. The highest BCUT2D eigenvalue weighted by molar-refractivity contribution is 7.89. The second-order valence-electron chi connectivity index (χ2n) is 7.29. The molecule has 2 aromatic carbocycles. The first-order valence-electron chi connectivity index (χ1n) is 9.62. The van der Waals surface area contributed by atoms with Crippen LogP contribution in [0.2, 0.25) is 0 Å². The van der Waals surface area contributed by atoms with Crippen LogP contribution in [0.4, 0.5) is 4.39 Å². The van der Waals surface area contributed by atoms with Gasteiger partial charge in [-0.2, -0.15) is 4.31 Å². The molecule has 0 radical (unpaired) electrons. The maximum absolute atomic E-state index is 13.2. The molecule has 1 atom stereocenters. The monoisotopic (exact) mass is 431 g/mol. The van der Waals surface area contributed by atoms with Gasteiger partial charge in [-0.15, -0.1) is 10.2 Å². The van der Waals surface area contributed by atoms with Gasteiger partial charge in [0.2, 0.25) is 21.8 Å². The number of piperidine rings is 1. The SMILES string of the molecule is COc1ccc(S(=O)(=O)N2CCC[C@H](c3nnc(-c4ccc(F)cc4)o3)C2)cc1C. The van der Waals surface area contributed by atoms with Crippen molar-refractivity contribution in [2.45, 2.75) is 30.6 Å². The van der Waals surface area contributed by atoms with Gasteiger partial charge in [0.05, 0.1) is 17.9 Å². The fraction of sp³-hybridized carbons (Fsp3) is 0.333. The van der Waals surface area contributed by atoms with Crippen LogP contribution in [0, 0.1) is 12.7 Å². The number of aryl methyl sites for hydroxylation is 1. The molecule has 3 aromatic rings. The molecule has 0 saturated carbocycles. The molecule has 30 heavy (non-hydrogen) atoms. The average molecular weight is 431 g/mol. The smallest absolute Gasteiger partial charge is 0.247 e. The van der Waals surface area contributed by atoms with Gasteiger partial charge >= 0.3 is 0 Å². The summed E-state index contributed by atoms with van der Waals surface area (Å²) in [6.07, 6.45) is 1.44. The summed E-state index contributed by atoms with van der Waals surface area (Å²) in [6.45, 7) is 2.51. The van der Waals surface area contributed by atoms with E-state index in [9.17, 15) is 12.8 Å². The van der Waals surface area contributed by atoms with Crippen LogP contribution in [0.1, 0.15) is 30.2 Å². The van der Waals surface area contributed by atoms with E-state index < -0.39 is 10.0 Å². The molecule has 1 aliphatic rings. The largest absolute Gasteiger partial charge is 0.496 e. The molecule has 0 N–H and O–H groups in total. The van der Waals surface area contributed by atoms with Crippen LogP contribution >= 0.6 is 0 Å². The second kappa shape index (κ2) is 8.16. The molecular formula is C21H22FN3O4S. The lowest BCUT2D eigenvalue weighted by Gasteiger charge is -2.30. The molecule has 158 valence electrons. The Bertz CT molecular complexity index is 1150. The molecule has 1 aliphatic heterocycles. The van der Waals surface area contributed by atoms with Crippen LogP contribution in [0.15, 0.2) is 51.8 Å². The summed E-state index contributed by atoms with van der Waals surface area (Å²) >= 11 is 0. The van der Waals surface area contributed by atoms with E-state index in [4.69, 9.17) is 9.15 Å². The van der Waals surface area contributed by atoms with Gasteiger partial charge in [0.25, 0.3) is 0 Å². The van der Waals surface area contributed by atoms with Crippen molar-refractivity contribution in [2.24, 2.45) is 0 Å². The van der Waals surface area contributed by atoms with Gasteiger partial charge in [0.1, 0.15) is 11.6 Å². The summed E-state index contributed by atoms with van der Waals surface area (Å²) in [5.74, 6) is 0.774. The molecule has 7 nitrogen and oxygen atoms in total. The van der Waals surface area contributed by atoms with Crippen LogP contribution in [0.3, 0.4) is 0 Å². The zero-order valence-corrected chi connectivity index (χ0v) is 17.5. The minimum atomic E-state index is -3.65. The van der Waals surface area contributed by atoms with Crippen molar-refractivity contribution >= 4 is 10.0 Å². The Balaban J connectivity index is 1.54. The lowest BCUT2D eigenvalue weighted by Crippen LogP contribution is -2.39. The number of benzene rings is 2. The zero-order valence-electron chi connectivity index (χ0n) is 16.7. The van der Waals surface area contributed by atoms with Crippen molar-refractivity contribution in [1.82, 2.24) is 14.5 Å². The third-order valence-electron chi connectivity index (χ3n) is 5.27. The lowest BCUT2D eigenvalue weighted by molar-refractivity contribution is 0.286. The van der Waals surface area contributed by atoms with Crippen LogP contribution < -0.4 is 4.74 Å². The van der Waals surface area contributed by atoms with Gasteiger partial charge in [-0.05, 0) is 67.8 Å². The quantitative estimate of drug-likeness (QED) is 0.611. The Hall–Kier alpha value is -2.78. The summed E-state index contributed by atoms with van der Waals surface area (Å²) in [5.41, 5.74) is 1.37. The van der Waals surface area contributed by atoms with E-state index >= 15 is 0 Å². The van der Waals surface area contributed by atoms with Crippen molar-refractivity contribution in [3.63, 3.8) is 0 Å². The van der Waals surface area contributed by atoms with E-state index in [1.54, 1.807) is 37.4 Å². The fourth-order valence-corrected chi connectivity index (χ4v) is 5.24. The topological polar surface area (TPSA) is 85.5 Å². The first-order chi connectivity index (χ1) is 14.4. The predicted octanol–water partition coefficient (Wildman–Crippen LogP) is 3.76. The molecule has 0 amide bonds. The number of hydrogen-bond donors (Lipinski definition) is 0. The molecule has 0 unspecified atom stereocenters. The van der Waals surface area contributed by atoms with Crippen molar-refractivity contribution in [3.8, 4) is 17.2 Å². The summed E-state index contributed by atoms with van der Waals surface area (Å²) in [7, 11) is -2.10. The van der Waals surface area contributed by atoms with Crippen LogP contribution in [-0.4, -0.2) is 43.1 Å². The highest BCUT2D eigenvalue weighted by Gasteiger charge is 2.33. The predicted molar refractivity (Wildman–Crippen MR) is 108 cm³/mol. The van der Waals surface area contributed by atoms with E-state index in [-0.39, 0.29) is 29.1 Å². The third-order valence-corrected chi connectivity index (χ3v) is 7.13. The van der Waals surface area contributed by atoms with Crippen molar-refractivity contribution in [2.75, 3.05) is 20.2 Å². The molecule has 2 heterocycles. The summed E-state index contributed by atoms with van der Waals surface area (Å²) in [5, 5.41) is 8.16. The third kappa shape index (κ3) is 3.95. The summed E-state index contributed by atoms with van der Waals surface area (Å²) in [6, 6.07) is 10.6. The maximum Gasteiger partial charge on any atom is 0.247 e. The van der Waals surface area contributed by atoms with Gasteiger partial charge in [-0.1, -0.05) is 0 Å². The van der Waals surface area contributed by atoms with Gasteiger partial charge in [0, 0.05) is 18.7 Å². The molecule has 1 aromatic heterocycles. The number of nitrogens with zero attached hydrogens (tertiary/aromatic N) is 3. The normalized spacial score (nSPS) is 17.8. The minimum Gasteiger partial charge on any atom is -0.496 e. The molecule has 0 bridgehead atoms. The highest BCUT2D eigenvalue weighted by Crippen LogP contribution is 2.32. The van der Waals surface area contributed by atoms with E-state index in [1.807, 2.05) is 6.92 Å². The summed E-state index contributed by atoms with van der Waals surface area (Å²) < 4.78 is 51.9. The Morgan fingerprint density at radius 1 is 1.17 bits per heavy atom. The Morgan fingerprint density at radius 3 is 2.63 bits per heavy atom. The zero-order chi connectivity index (χ0) is 21.3. The maximum atomic E-state index is 13.2. The van der Waals surface area contributed by atoms with Crippen LogP contribution in [-0.2, 0) is 10.0 Å². The highest BCUT2D eigenvalue weighted by atomic mass is 32.2. The lowest BCUT2D eigenvalue weighted by atomic mass is 10.00. The van der Waals surface area contributed by atoms with Crippen molar-refractivity contribution in [3.05, 3.63) is 59.7 Å². The first-order valence-corrected chi connectivity index (χ1v) is 11.1. The van der Waals surface area contributed by atoms with E-state index in [0.29, 0.717) is 30.2 Å². The van der Waals surface area contributed by atoms with Crippen LogP contribution in [0.5, 0.6) is 5.75 Å². The standard InChI is InChI=1S/C21H22FN3O4S/c1-14-12-18(9-10-19(14)28-2)30(26,27)25-11-3-4-16(13-25)21-24-23-20(29-21)15-5-7-17(22)8-6-15/h5-10,12,16H,3-4,11,13H2,1-2H3/t16-/m0/s1. The first kappa shape index (κ1) is 20.5. The number of methoxy groups -OCH3 is 1. The number of rotatable bonds is 5. The second-order valence-corrected chi connectivity index (χ2v) is 9.22. The molecule has 0 aliphatic carbocycles. The molecule has 1 saturated heterocycles. The molecule has 4 rings (SSSR count). The van der Waals surface area contributed by atoms with Gasteiger partial charge < -0.3 is 9.15 Å². The molecule has 9 heteroatoms. The van der Waals surface area contributed by atoms with Gasteiger partial charge in [-0.25, -0.2) is 12.8 Å². The van der Waals surface area contributed by atoms with E-state index in [0.717, 1.165) is 12.0 Å². The summed E-state index contributed by atoms with van der Waals surface area (Å²) in [4.78, 5) is 0.235. The molecule has 0 spiro atoms. The molecular weight excluding hydrogens is 409 g/mol. The van der Waals surface area contributed by atoms with Gasteiger partial charge in [-0.3, -0.25) is 0 Å². The fourth-order valence-electron chi connectivity index (χ4n) is 3.63. The number of halogens is 1. The van der Waals surface area contributed by atoms with E-state index in [2.05, 4.69) is 10.2 Å². The van der Waals surface area contributed by atoms with E-state index in [1.165, 1.54) is 16.4 Å². The average Bonchev–Trinajstić information content (AvgIpc) is 3.24. The Labute approximate surface area is 174 Å². The Morgan fingerprint density at radius 2 is 1.93 bits per heavy atom. The van der Waals surface area contributed by atoms with Crippen LogP contribution in [0.25, 0.3) is 11.5 Å². The number of sulfonamides is 1.